The summed E-state index contributed by atoms with van der Waals surface area (Å²) in [5.41, 5.74) is 10.9. The molecule has 0 saturated carbocycles. The Kier molecular flexibility index (Phi) is 1.38. The largest absolute Gasteiger partial charge is 0.391 e. The Balaban J connectivity index is 2.66. The van der Waals surface area contributed by atoms with Crippen LogP contribution in [-0.4, -0.2) is 14.7 Å². The summed E-state index contributed by atoms with van der Waals surface area (Å²) in [6, 6.07) is 0. The standard InChI is InChI=1S/C6H9ClN4O/c7-3-1-10-5(9)4(8)6(12)11(10)2-3/h3H,1-2,8-9H2. The van der Waals surface area contributed by atoms with Crippen LogP contribution in [-0.2, 0) is 13.1 Å². The minimum absolute atomic E-state index is 0.0550. The van der Waals surface area contributed by atoms with E-state index in [1.807, 2.05) is 0 Å². The lowest BCUT2D eigenvalue weighted by molar-refractivity contribution is 0.601. The number of nitrogens with two attached hydrogens (primary N) is 2. The summed E-state index contributed by atoms with van der Waals surface area (Å²) >= 11 is 5.84. The number of hydrogen-bond acceptors (Lipinski definition) is 3. The monoisotopic (exact) mass is 188 g/mol. The molecule has 1 unspecified atom stereocenters. The van der Waals surface area contributed by atoms with E-state index < -0.39 is 0 Å². The molecular weight excluding hydrogens is 180 g/mol. The van der Waals surface area contributed by atoms with Crippen molar-refractivity contribution >= 4 is 23.1 Å². The molecule has 0 radical (unpaired) electrons. The van der Waals surface area contributed by atoms with Crippen LogP contribution in [0.4, 0.5) is 11.5 Å². The number of alkyl halides is 1. The highest BCUT2D eigenvalue weighted by atomic mass is 35.5. The van der Waals surface area contributed by atoms with Gasteiger partial charge in [0.15, 0.2) is 0 Å². The number of nitrogens with zero attached hydrogens (tertiary/aromatic N) is 2. The van der Waals surface area contributed by atoms with Gasteiger partial charge in [-0.15, -0.1) is 11.6 Å². The van der Waals surface area contributed by atoms with E-state index in [9.17, 15) is 4.79 Å². The molecule has 1 aromatic rings. The van der Waals surface area contributed by atoms with Crippen LogP contribution >= 0.6 is 11.6 Å². The van der Waals surface area contributed by atoms with Crippen LogP contribution in [0.1, 0.15) is 0 Å². The van der Waals surface area contributed by atoms with Gasteiger partial charge in [0.05, 0.1) is 18.5 Å². The first kappa shape index (κ1) is 7.54. The molecule has 0 fully saturated rings. The molecule has 0 bridgehead atoms. The fourth-order valence-electron chi connectivity index (χ4n) is 1.44. The van der Waals surface area contributed by atoms with Crippen molar-refractivity contribution in [2.24, 2.45) is 0 Å². The molecule has 5 nitrogen and oxygen atoms in total. The third-order valence-electron chi connectivity index (χ3n) is 2.05. The van der Waals surface area contributed by atoms with Crippen LogP contribution in [0.15, 0.2) is 4.79 Å². The average Bonchev–Trinajstić information content (AvgIpc) is 2.49. The molecule has 1 aliphatic rings. The zero-order valence-electron chi connectivity index (χ0n) is 6.33. The van der Waals surface area contributed by atoms with Crippen molar-refractivity contribution in [1.29, 1.82) is 0 Å². The smallest absolute Gasteiger partial charge is 0.292 e. The maximum atomic E-state index is 11.3. The zero-order chi connectivity index (χ0) is 8.88. The van der Waals surface area contributed by atoms with E-state index in [0.29, 0.717) is 18.9 Å². The SMILES string of the molecule is Nc1c(N)n2n(c1=O)CC(Cl)C2. The maximum absolute atomic E-state index is 11.3. The highest BCUT2D eigenvalue weighted by molar-refractivity contribution is 6.20. The summed E-state index contributed by atoms with van der Waals surface area (Å²) in [7, 11) is 0. The predicted molar refractivity (Wildman–Crippen MR) is 47.2 cm³/mol. The van der Waals surface area contributed by atoms with E-state index in [1.165, 1.54) is 4.68 Å². The molecular formula is C6H9ClN4O. The normalized spacial score (nSPS) is 21.2. The Morgan fingerprint density at radius 1 is 1.33 bits per heavy atom. The molecule has 0 saturated heterocycles. The predicted octanol–water partition coefficient (Wildman–Crippen LogP) is -0.565. The second-order valence-corrected chi connectivity index (χ2v) is 3.48. The molecule has 0 amide bonds. The summed E-state index contributed by atoms with van der Waals surface area (Å²) in [6.45, 7) is 1.04. The second kappa shape index (κ2) is 2.20. The van der Waals surface area contributed by atoms with Crippen molar-refractivity contribution in [1.82, 2.24) is 9.36 Å². The Labute approximate surface area is 73.5 Å². The van der Waals surface area contributed by atoms with Crippen LogP contribution in [0, 0.1) is 0 Å². The van der Waals surface area contributed by atoms with Gasteiger partial charge in [-0.3, -0.25) is 9.48 Å². The summed E-state index contributed by atoms with van der Waals surface area (Å²) in [5.74, 6) is 0.322. The summed E-state index contributed by atoms with van der Waals surface area (Å²) in [6.07, 6.45) is 0. The van der Waals surface area contributed by atoms with E-state index in [0.717, 1.165) is 0 Å². The topological polar surface area (TPSA) is 79.0 Å². The first-order valence-electron chi connectivity index (χ1n) is 3.60. The van der Waals surface area contributed by atoms with Gasteiger partial charge in [-0.2, -0.15) is 0 Å². The number of rotatable bonds is 0. The lowest BCUT2D eigenvalue weighted by atomic mass is 10.4. The first-order chi connectivity index (χ1) is 5.61. The summed E-state index contributed by atoms with van der Waals surface area (Å²) in [4.78, 5) is 11.3. The van der Waals surface area contributed by atoms with Gasteiger partial charge in [-0.25, -0.2) is 4.68 Å². The van der Waals surface area contributed by atoms with Gasteiger partial charge in [0, 0.05) is 0 Å². The van der Waals surface area contributed by atoms with Crippen molar-refractivity contribution < 1.29 is 0 Å². The molecule has 1 aromatic heterocycles. The van der Waals surface area contributed by atoms with Crippen LogP contribution in [0.25, 0.3) is 0 Å². The highest BCUT2D eigenvalue weighted by Crippen LogP contribution is 2.19. The molecule has 12 heavy (non-hydrogen) atoms. The van der Waals surface area contributed by atoms with Crippen molar-refractivity contribution in [3.05, 3.63) is 10.4 Å². The molecule has 2 heterocycles. The quantitative estimate of drug-likeness (QED) is 0.536. The van der Waals surface area contributed by atoms with Crippen molar-refractivity contribution in [2.75, 3.05) is 11.5 Å². The lowest BCUT2D eigenvalue weighted by Gasteiger charge is -1.99. The van der Waals surface area contributed by atoms with Crippen LogP contribution in [0.3, 0.4) is 0 Å². The molecule has 6 heteroatoms. The van der Waals surface area contributed by atoms with Gasteiger partial charge in [0.1, 0.15) is 11.5 Å². The molecule has 1 aliphatic heterocycles. The fraction of sp³-hybridized carbons (Fsp3) is 0.500. The van der Waals surface area contributed by atoms with Crippen LogP contribution < -0.4 is 17.0 Å². The van der Waals surface area contributed by atoms with Crippen molar-refractivity contribution in [2.45, 2.75) is 18.5 Å². The number of halogens is 1. The summed E-state index contributed by atoms with van der Waals surface area (Å²) in [5, 5.41) is -0.0550. The van der Waals surface area contributed by atoms with Crippen LogP contribution in [0.2, 0.25) is 0 Å². The number of hydrogen-bond donors (Lipinski definition) is 2. The van der Waals surface area contributed by atoms with E-state index in [-0.39, 0.29) is 16.6 Å². The van der Waals surface area contributed by atoms with Gasteiger partial charge in [0.2, 0.25) is 0 Å². The van der Waals surface area contributed by atoms with E-state index in [1.54, 1.807) is 4.68 Å². The molecule has 1 atom stereocenters. The molecule has 0 spiro atoms. The minimum atomic E-state index is -0.240. The third kappa shape index (κ3) is 0.768. The van der Waals surface area contributed by atoms with E-state index in [4.69, 9.17) is 23.1 Å². The van der Waals surface area contributed by atoms with Gasteiger partial charge in [0.25, 0.3) is 5.56 Å². The zero-order valence-corrected chi connectivity index (χ0v) is 7.08. The fourth-order valence-corrected chi connectivity index (χ4v) is 1.70. The molecule has 2 rings (SSSR count). The van der Waals surface area contributed by atoms with Gasteiger partial charge < -0.3 is 11.5 Å². The van der Waals surface area contributed by atoms with Crippen LogP contribution in [0.5, 0.6) is 0 Å². The van der Waals surface area contributed by atoms with E-state index in [2.05, 4.69) is 0 Å². The maximum Gasteiger partial charge on any atom is 0.292 e. The Morgan fingerprint density at radius 3 is 2.50 bits per heavy atom. The van der Waals surface area contributed by atoms with Crippen molar-refractivity contribution in [3.63, 3.8) is 0 Å². The third-order valence-corrected chi connectivity index (χ3v) is 2.33. The number of aromatic nitrogens is 2. The molecule has 4 N–H and O–H groups in total. The lowest BCUT2D eigenvalue weighted by Crippen LogP contribution is -2.19. The number of fused-ring (bicyclic) bond motifs is 1. The minimum Gasteiger partial charge on any atom is -0.391 e. The van der Waals surface area contributed by atoms with E-state index >= 15 is 0 Å². The van der Waals surface area contributed by atoms with Gasteiger partial charge in [-0.05, 0) is 0 Å². The highest BCUT2D eigenvalue weighted by Gasteiger charge is 2.24. The van der Waals surface area contributed by atoms with Crippen molar-refractivity contribution in [3.8, 4) is 0 Å². The first-order valence-corrected chi connectivity index (χ1v) is 4.03. The summed E-state index contributed by atoms with van der Waals surface area (Å²) < 4.78 is 3.09. The number of nitrogen functional groups attached to an aromatic ring is 2. The molecule has 0 aliphatic carbocycles. The Morgan fingerprint density at radius 2 is 1.92 bits per heavy atom. The average molecular weight is 189 g/mol. The number of anilines is 2. The van der Waals surface area contributed by atoms with Gasteiger partial charge >= 0.3 is 0 Å². The second-order valence-electron chi connectivity index (χ2n) is 2.87. The molecule has 66 valence electrons. The molecule has 0 aromatic carbocycles. The van der Waals surface area contributed by atoms with Gasteiger partial charge in [-0.1, -0.05) is 0 Å². The Bertz CT molecular complexity index is 380. The Hall–Kier alpha value is -1.10.